The predicted molar refractivity (Wildman–Crippen MR) is 92.5 cm³/mol. The number of hydrogen-bond acceptors (Lipinski definition) is 4. The summed E-state index contributed by atoms with van der Waals surface area (Å²) in [5, 5.41) is 19.0. The largest absolute Gasteiger partial charge is 0.477 e. The number of nitrogens with one attached hydrogen (secondary N) is 2. The maximum Gasteiger partial charge on any atom is 0.349 e. The van der Waals surface area contributed by atoms with Gasteiger partial charge >= 0.3 is 11.9 Å². The van der Waals surface area contributed by atoms with Crippen molar-refractivity contribution in [1.82, 2.24) is 10.6 Å². The lowest BCUT2D eigenvalue weighted by Gasteiger charge is -2.25. The maximum absolute atomic E-state index is 11.7. The van der Waals surface area contributed by atoms with E-state index < -0.39 is 49.3 Å². The van der Waals surface area contributed by atoms with Gasteiger partial charge in [-0.1, -0.05) is 60.3 Å². The number of hydrogen-bond donors (Lipinski definition) is 4. The van der Waals surface area contributed by atoms with Crippen LogP contribution < -0.4 is 10.6 Å². The average molecular weight is 436 g/mol. The van der Waals surface area contributed by atoms with E-state index in [0.29, 0.717) is 0 Å². The van der Waals surface area contributed by atoms with Crippen LogP contribution in [0.4, 0.5) is 0 Å². The lowest BCUT2D eigenvalue weighted by atomic mass is 9.93. The number of carboxylic acids is 2. The third-order valence-corrected chi connectivity index (χ3v) is 4.23. The molecule has 0 saturated carbocycles. The van der Waals surface area contributed by atoms with Gasteiger partial charge in [-0.3, -0.25) is 9.59 Å². The fourth-order valence-electron chi connectivity index (χ4n) is 1.24. The number of rotatable bonds is 8. The molecule has 0 aliphatic carbocycles. The zero-order valence-electron chi connectivity index (χ0n) is 13.0. The molecular formula is C13H14Cl4N2O6. The van der Waals surface area contributed by atoms with Gasteiger partial charge in [0.05, 0.1) is 0 Å². The van der Waals surface area contributed by atoms with Gasteiger partial charge in [0, 0.05) is 13.1 Å². The highest BCUT2D eigenvalue weighted by atomic mass is 35.5. The minimum atomic E-state index is -1.55. The molecule has 0 spiro atoms. The van der Waals surface area contributed by atoms with Crippen LogP contribution in [0, 0.1) is 5.41 Å². The summed E-state index contributed by atoms with van der Waals surface area (Å²) in [6.07, 6.45) is 0. The second-order valence-electron chi connectivity index (χ2n) is 5.40. The molecule has 0 radical (unpaired) electrons. The molecule has 8 nitrogen and oxygen atoms in total. The standard InChI is InChI=1S/C13H14Cl4N2O6/c1-13(2,3-18-9(20)5(14)7(16)11(22)23)4-19-10(21)6(15)8(17)12(24)25/h3-4H2,1-2H3,(H,18,20)(H,19,21)(H,22,23)(H,24,25). The van der Waals surface area contributed by atoms with Gasteiger partial charge in [0.15, 0.2) is 0 Å². The molecule has 0 fully saturated rings. The maximum atomic E-state index is 11.7. The highest BCUT2D eigenvalue weighted by molar-refractivity contribution is 6.54. The molecule has 0 unspecified atom stereocenters. The van der Waals surface area contributed by atoms with E-state index in [2.05, 4.69) is 10.6 Å². The molecule has 2 amide bonds. The molecule has 0 saturated heterocycles. The molecular weight excluding hydrogens is 422 g/mol. The van der Waals surface area contributed by atoms with Crippen molar-refractivity contribution < 1.29 is 29.4 Å². The topological polar surface area (TPSA) is 133 Å². The Labute approximate surface area is 162 Å². The molecule has 0 aliphatic rings. The second kappa shape index (κ2) is 9.86. The Morgan fingerprint density at radius 1 is 0.720 bits per heavy atom. The summed E-state index contributed by atoms with van der Waals surface area (Å²) in [4.78, 5) is 44.6. The Kier molecular flexibility index (Phi) is 9.28. The van der Waals surface area contributed by atoms with Gasteiger partial charge in [-0.05, 0) is 5.41 Å². The fourth-order valence-corrected chi connectivity index (χ4v) is 1.71. The fraction of sp³-hybridized carbons (Fsp3) is 0.385. The monoisotopic (exact) mass is 434 g/mol. The Morgan fingerprint density at radius 3 is 1.24 bits per heavy atom. The number of halogens is 4. The van der Waals surface area contributed by atoms with Gasteiger partial charge < -0.3 is 20.8 Å². The molecule has 0 aromatic carbocycles. The molecule has 0 atom stereocenters. The zero-order valence-corrected chi connectivity index (χ0v) is 16.0. The van der Waals surface area contributed by atoms with Crippen molar-refractivity contribution in [3.63, 3.8) is 0 Å². The minimum absolute atomic E-state index is 0.0138. The van der Waals surface area contributed by atoms with Crippen molar-refractivity contribution in [2.45, 2.75) is 13.8 Å². The van der Waals surface area contributed by atoms with Gasteiger partial charge in [-0.2, -0.15) is 0 Å². The van der Waals surface area contributed by atoms with Crippen molar-refractivity contribution in [2.75, 3.05) is 13.1 Å². The number of carbonyl (C=O) groups is 4. The van der Waals surface area contributed by atoms with Gasteiger partial charge in [0.1, 0.15) is 20.1 Å². The van der Waals surface area contributed by atoms with Crippen molar-refractivity contribution in [2.24, 2.45) is 5.41 Å². The van der Waals surface area contributed by atoms with Crippen molar-refractivity contribution in [1.29, 1.82) is 0 Å². The van der Waals surface area contributed by atoms with Crippen molar-refractivity contribution in [3.05, 3.63) is 20.1 Å². The van der Waals surface area contributed by atoms with Crippen LogP contribution in [0.5, 0.6) is 0 Å². The molecule has 0 aromatic rings. The summed E-state index contributed by atoms with van der Waals surface area (Å²) < 4.78 is 0. The lowest BCUT2D eigenvalue weighted by Crippen LogP contribution is -2.42. The first-order chi connectivity index (χ1) is 11.3. The highest BCUT2D eigenvalue weighted by Crippen LogP contribution is 2.18. The van der Waals surface area contributed by atoms with Gasteiger partial charge in [0.25, 0.3) is 11.8 Å². The average Bonchev–Trinajstić information content (AvgIpc) is 2.54. The number of amides is 2. The molecule has 4 N–H and O–H groups in total. The lowest BCUT2D eigenvalue weighted by molar-refractivity contribution is -0.133. The molecule has 0 aromatic heterocycles. The van der Waals surface area contributed by atoms with Crippen LogP contribution >= 0.6 is 46.4 Å². The summed E-state index contributed by atoms with van der Waals surface area (Å²) in [5.74, 6) is -4.91. The van der Waals surface area contributed by atoms with E-state index in [0.717, 1.165) is 0 Å². The Hall–Kier alpha value is -1.48. The molecule has 25 heavy (non-hydrogen) atoms. The van der Waals surface area contributed by atoms with Crippen molar-refractivity contribution >= 4 is 70.2 Å². The minimum Gasteiger partial charge on any atom is -0.477 e. The number of aliphatic carboxylic acids is 2. The Bertz CT molecular complexity index is 603. The molecule has 12 heteroatoms. The highest BCUT2D eigenvalue weighted by Gasteiger charge is 2.24. The van der Waals surface area contributed by atoms with Crippen LogP contribution in [-0.2, 0) is 19.2 Å². The molecule has 0 aliphatic heterocycles. The van der Waals surface area contributed by atoms with E-state index in [4.69, 9.17) is 56.6 Å². The predicted octanol–water partition coefficient (Wildman–Crippen LogP) is 1.79. The van der Waals surface area contributed by atoms with Crippen LogP contribution in [0.3, 0.4) is 0 Å². The zero-order chi connectivity index (χ0) is 19.9. The first kappa shape index (κ1) is 23.5. The third kappa shape index (κ3) is 7.96. The number of carbonyl (C=O) groups excluding carboxylic acids is 2. The molecule has 0 heterocycles. The first-order valence-electron chi connectivity index (χ1n) is 6.43. The summed E-state index contributed by atoms with van der Waals surface area (Å²) in [6.45, 7) is 3.28. The van der Waals surface area contributed by atoms with Crippen LogP contribution in [0.15, 0.2) is 20.1 Å². The van der Waals surface area contributed by atoms with Crippen LogP contribution in [-0.4, -0.2) is 47.1 Å². The number of carboxylic acid groups (broad SMARTS) is 2. The van der Waals surface area contributed by atoms with Gasteiger partial charge in [0.2, 0.25) is 0 Å². The van der Waals surface area contributed by atoms with E-state index in [-0.39, 0.29) is 13.1 Å². The van der Waals surface area contributed by atoms with Crippen molar-refractivity contribution in [3.8, 4) is 0 Å². The Morgan fingerprint density at radius 2 is 1.00 bits per heavy atom. The smallest absolute Gasteiger partial charge is 0.349 e. The van der Waals surface area contributed by atoms with E-state index in [1.54, 1.807) is 13.8 Å². The quantitative estimate of drug-likeness (QED) is 0.429. The summed E-state index contributed by atoms with van der Waals surface area (Å²) in [7, 11) is 0. The normalized spacial score (nSPS) is 13.4. The van der Waals surface area contributed by atoms with E-state index >= 15 is 0 Å². The van der Waals surface area contributed by atoms with E-state index in [9.17, 15) is 19.2 Å². The van der Waals surface area contributed by atoms with Gasteiger partial charge in [-0.25, -0.2) is 9.59 Å². The summed E-state index contributed by atoms with van der Waals surface area (Å²) in [6, 6.07) is 0. The van der Waals surface area contributed by atoms with E-state index in [1.807, 2.05) is 0 Å². The van der Waals surface area contributed by atoms with Crippen LogP contribution in [0.2, 0.25) is 0 Å². The molecule has 0 rings (SSSR count). The van der Waals surface area contributed by atoms with Crippen LogP contribution in [0.1, 0.15) is 13.8 Å². The first-order valence-corrected chi connectivity index (χ1v) is 7.95. The van der Waals surface area contributed by atoms with E-state index in [1.165, 1.54) is 0 Å². The SMILES string of the molecule is CC(C)(CNC(=O)C(Cl)=C(Cl)C(=O)O)CNC(=O)C(Cl)=C(Cl)C(=O)O. The van der Waals surface area contributed by atoms with Gasteiger partial charge in [-0.15, -0.1) is 0 Å². The second-order valence-corrected chi connectivity index (χ2v) is 6.91. The molecule has 0 bridgehead atoms. The molecule has 140 valence electrons. The Balaban J connectivity index is 4.77. The summed E-state index contributed by atoms with van der Waals surface area (Å²) in [5.41, 5.74) is -0.717. The van der Waals surface area contributed by atoms with Crippen LogP contribution in [0.25, 0.3) is 0 Å². The third-order valence-electron chi connectivity index (χ3n) is 2.61. The summed E-state index contributed by atoms with van der Waals surface area (Å²) >= 11 is 21.8.